The van der Waals surface area contributed by atoms with Crippen LogP contribution in [0.4, 0.5) is 16.2 Å². The number of para-hydroxylation sites is 1. The molecule has 4 nitrogen and oxygen atoms in total. The number of urea groups is 1. The van der Waals surface area contributed by atoms with Crippen molar-refractivity contribution in [3.8, 4) is 0 Å². The van der Waals surface area contributed by atoms with E-state index in [-0.39, 0.29) is 6.03 Å². The summed E-state index contributed by atoms with van der Waals surface area (Å²) < 4.78 is 0. The second-order valence-electron chi connectivity index (χ2n) is 4.34. The van der Waals surface area contributed by atoms with Gasteiger partial charge in [-0.2, -0.15) is 0 Å². The number of H-pyrrole nitrogens is 1. The Morgan fingerprint density at radius 2 is 1.90 bits per heavy atom. The molecule has 0 radical (unpaired) electrons. The van der Waals surface area contributed by atoms with Crippen molar-refractivity contribution in [3.05, 3.63) is 59.8 Å². The first-order valence-corrected chi connectivity index (χ1v) is 6.50. The van der Waals surface area contributed by atoms with Crippen molar-refractivity contribution < 1.29 is 4.79 Å². The number of fused-ring (bicyclic) bond motifs is 1. The molecular formula is C15H12ClN3O. The molecule has 0 unspecified atom stereocenters. The molecule has 100 valence electrons. The third kappa shape index (κ3) is 2.60. The van der Waals surface area contributed by atoms with Gasteiger partial charge in [-0.25, -0.2) is 4.79 Å². The summed E-state index contributed by atoms with van der Waals surface area (Å²) in [4.78, 5) is 15.0. The van der Waals surface area contributed by atoms with Gasteiger partial charge in [0.2, 0.25) is 0 Å². The Morgan fingerprint density at radius 3 is 2.75 bits per heavy atom. The second-order valence-corrected chi connectivity index (χ2v) is 4.75. The van der Waals surface area contributed by atoms with Gasteiger partial charge in [0, 0.05) is 17.4 Å². The van der Waals surface area contributed by atoms with Crippen LogP contribution in [0.25, 0.3) is 10.9 Å². The van der Waals surface area contributed by atoms with Crippen molar-refractivity contribution in [1.29, 1.82) is 0 Å². The number of hydrogen-bond acceptors (Lipinski definition) is 1. The van der Waals surface area contributed by atoms with Crippen LogP contribution < -0.4 is 10.6 Å². The molecule has 2 amide bonds. The van der Waals surface area contributed by atoms with E-state index >= 15 is 0 Å². The minimum absolute atomic E-state index is 0.330. The fraction of sp³-hybridized carbons (Fsp3) is 0. The summed E-state index contributed by atoms with van der Waals surface area (Å²) in [7, 11) is 0. The molecule has 1 heterocycles. The van der Waals surface area contributed by atoms with E-state index < -0.39 is 0 Å². The third-order valence-electron chi connectivity index (χ3n) is 2.93. The number of rotatable bonds is 2. The van der Waals surface area contributed by atoms with Crippen LogP contribution in [0, 0.1) is 0 Å². The molecule has 3 rings (SSSR count). The number of hydrogen-bond donors (Lipinski definition) is 3. The smallest absolute Gasteiger partial charge is 0.323 e. The maximum Gasteiger partial charge on any atom is 0.323 e. The lowest BCUT2D eigenvalue weighted by Gasteiger charge is -2.09. The first-order chi connectivity index (χ1) is 9.72. The first kappa shape index (κ1) is 12.6. The highest BCUT2D eigenvalue weighted by Crippen LogP contribution is 2.21. The molecule has 0 aliphatic heterocycles. The van der Waals surface area contributed by atoms with Crippen molar-refractivity contribution >= 4 is 39.9 Å². The molecule has 0 spiro atoms. The molecule has 1 aromatic heterocycles. The maximum absolute atomic E-state index is 11.9. The minimum atomic E-state index is -0.330. The van der Waals surface area contributed by atoms with Crippen LogP contribution in [-0.4, -0.2) is 11.0 Å². The Balaban J connectivity index is 1.74. The molecule has 0 aliphatic carbocycles. The normalized spacial score (nSPS) is 10.4. The van der Waals surface area contributed by atoms with E-state index in [1.54, 1.807) is 12.1 Å². The number of amides is 2. The van der Waals surface area contributed by atoms with Crippen LogP contribution in [-0.2, 0) is 0 Å². The van der Waals surface area contributed by atoms with E-state index in [1.165, 1.54) is 0 Å². The number of aromatic amines is 1. The van der Waals surface area contributed by atoms with Crippen LogP contribution in [0.2, 0.25) is 5.02 Å². The fourth-order valence-corrected chi connectivity index (χ4v) is 2.16. The number of anilines is 2. The number of halogens is 1. The highest BCUT2D eigenvalue weighted by molar-refractivity contribution is 6.33. The van der Waals surface area contributed by atoms with E-state index in [2.05, 4.69) is 15.6 Å². The quantitative estimate of drug-likeness (QED) is 0.639. The van der Waals surface area contributed by atoms with E-state index in [0.29, 0.717) is 16.4 Å². The molecule has 0 bridgehead atoms. The fourth-order valence-electron chi connectivity index (χ4n) is 1.97. The number of nitrogens with one attached hydrogen (secondary N) is 3. The van der Waals surface area contributed by atoms with Gasteiger partial charge in [-0.3, -0.25) is 0 Å². The molecule has 0 saturated carbocycles. The third-order valence-corrected chi connectivity index (χ3v) is 3.26. The predicted octanol–water partition coefficient (Wildman–Crippen LogP) is 4.47. The summed E-state index contributed by atoms with van der Waals surface area (Å²) in [5, 5.41) is 7.08. The average molecular weight is 286 g/mol. The monoisotopic (exact) mass is 285 g/mol. The molecule has 3 N–H and O–H groups in total. The zero-order chi connectivity index (χ0) is 13.9. The van der Waals surface area contributed by atoms with Gasteiger partial charge in [-0.1, -0.05) is 29.8 Å². The summed E-state index contributed by atoms with van der Waals surface area (Å²) in [5.41, 5.74) is 2.26. The van der Waals surface area contributed by atoms with E-state index in [0.717, 1.165) is 10.9 Å². The van der Waals surface area contributed by atoms with Gasteiger partial charge in [0.25, 0.3) is 0 Å². The number of carbonyl (C=O) groups is 1. The van der Waals surface area contributed by atoms with Crippen molar-refractivity contribution in [1.82, 2.24) is 4.98 Å². The van der Waals surface area contributed by atoms with Gasteiger partial charge in [0.1, 0.15) is 0 Å². The van der Waals surface area contributed by atoms with E-state index in [9.17, 15) is 4.79 Å². The number of benzene rings is 2. The molecule has 0 aliphatic rings. The van der Waals surface area contributed by atoms with Gasteiger partial charge in [-0.15, -0.1) is 0 Å². The summed E-state index contributed by atoms with van der Waals surface area (Å²) in [5.74, 6) is 0. The summed E-state index contributed by atoms with van der Waals surface area (Å²) in [6.45, 7) is 0. The van der Waals surface area contributed by atoms with Crippen molar-refractivity contribution in [2.75, 3.05) is 10.6 Å². The SMILES string of the molecule is O=C(Nc1ccc2cc[nH]c2c1)Nc1ccccc1Cl. The van der Waals surface area contributed by atoms with Crippen molar-refractivity contribution in [2.24, 2.45) is 0 Å². The summed E-state index contributed by atoms with van der Waals surface area (Å²) >= 11 is 5.99. The first-order valence-electron chi connectivity index (χ1n) is 6.12. The Hall–Kier alpha value is -2.46. The summed E-state index contributed by atoms with van der Waals surface area (Å²) in [6, 6.07) is 14.4. The lowest BCUT2D eigenvalue weighted by Crippen LogP contribution is -2.19. The Bertz CT molecular complexity index is 766. The zero-order valence-corrected chi connectivity index (χ0v) is 11.2. The molecule has 20 heavy (non-hydrogen) atoms. The van der Waals surface area contributed by atoms with E-state index in [4.69, 9.17) is 11.6 Å². The molecule has 5 heteroatoms. The second kappa shape index (κ2) is 5.27. The zero-order valence-electron chi connectivity index (χ0n) is 10.5. The van der Waals surface area contributed by atoms with Gasteiger partial charge < -0.3 is 15.6 Å². The van der Waals surface area contributed by atoms with Gasteiger partial charge in [-0.05, 0) is 35.7 Å². The highest BCUT2D eigenvalue weighted by Gasteiger charge is 2.06. The highest BCUT2D eigenvalue weighted by atomic mass is 35.5. The average Bonchev–Trinajstić information content (AvgIpc) is 2.89. The molecular weight excluding hydrogens is 274 g/mol. The Kier molecular flexibility index (Phi) is 3.31. The van der Waals surface area contributed by atoms with Gasteiger partial charge in [0.15, 0.2) is 0 Å². The largest absolute Gasteiger partial charge is 0.361 e. The van der Waals surface area contributed by atoms with Gasteiger partial charge >= 0.3 is 6.03 Å². The maximum atomic E-state index is 11.9. The van der Waals surface area contributed by atoms with Crippen LogP contribution in [0.3, 0.4) is 0 Å². The predicted molar refractivity (Wildman–Crippen MR) is 82.4 cm³/mol. The number of aromatic nitrogens is 1. The minimum Gasteiger partial charge on any atom is -0.361 e. The number of carbonyl (C=O) groups excluding carboxylic acids is 1. The molecule has 3 aromatic rings. The van der Waals surface area contributed by atoms with E-state index in [1.807, 2.05) is 42.6 Å². The molecule has 2 aromatic carbocycles. The summed E-state index contributed by atoms with van der Waals surface area (Å²) in [6.07, 6.45) is 1.86. The Morgan fingerprint density at radius 1 is 1.05 bits per heavy atom. The van der Waals surface area contributed by atoms with Crippen molar-refractivity contribution in [3.63, 3.8) is 0 Å². The van der Waals surface area contributed by atoms with Crippen LogP contribution >= 0.6 is 11.6 Å². The molecule has 0 saturated heterocycles. The van der Waals surface area contributed by atoms with Crippen LogP contribution in [0.5, 0.6) is 0 Å². The topological polar surface area (TPSA) is 56.9 Å². The van der Waals surface area contributed by atoms with Crippen molar-refractivity contribution in [2.45, 2.75) is 0 Å². The standard InChI is InChI=1S/C15H12ClN3O/c16-12-3-1-2-4-13(12)19-15(20)18-11-6-5-10-7-8-17-14(10)9-11/h1-9,17H,(H2,18,19,20). The van der Waals surface area contributed by atoms with Gasteiger partial charge in [0.05, 0.1) is 10.7 Å². The molecule has 0 fully saturated rings. The molecule has 0 atom stereocenters. The lowest BCUT2D eigenvalue weighted by atomic mass is 10.2. The van der Waals surface area contributed by atoms with Crippen LogP contribution in [0.1, 0.15) is 0 Å². The lowest BCUT2D eigenvalue weighted by molar-refractivity contribution is 0.262. The van der Waals surface area contributed by atoms with Crippen LogP contribution in [0.15, 0.2) is 54.7 Å². The Labute approximate surface area is 120 Å².